The third-order valence-corrected chi connectivity index (χ3v) is 7.81. The van der Waals surface area contributed by atoms with Crippen LogP contribution in [0.3, 0.4) is 0 Å². The van der Waals surface area contributed by atoms with Crippen molar-refractivity contribution in [3.8, 4) is 16.9 Å². The van der Waals surface area contributed by atoms with Crippen LogP contribution in [0.5, 0.6) is 5.75 Å². The molecule has 250 valence electrons. The predicted octanol–water partition coefficient (Wildman–Crippen LogP) is 5.43. The van der Waals surface area contributed by atoms with Gasteiger partial charge >= 0.3 is 12.1 Å². The predicted molar refractivity (Wildman–Crippen MR) is 179 cm³/mol. The van der Waals surface area contributed by atoms with Gasteiger partial charge in [-0.15, -0.1) is 0 Å². The first-order valence-electron chi connectivity index (χ1n) is 15.9. The van der Waals surface area contributed by atoms with Gasteiger partial charge < -0.3 is 30.5 Å². The lowest BCUT2D eigenvalue weighted by molar-refractivity contribution is -0.141. The van der Waals surface area contributed by atoms with Gasteiger partial charge in [0.25, 0.3) is 0 Å². The first-order chi connectivity index (χ1) is 22.2. The molecular weight excluding hydrogens is 598 g/mol. The van der Waals surface area contributed by atoms with Crippen molar-refractivity contribution in [2.75, 3.05) is 6.61 Å². The largest absolute Gasteiger partial charge is 0.488 e. The highest BCUT2D eigenvalue weighted by Gasteiger charge is 2.32. The van der Waals surface area contributed by atoms with Crippen LogP contribution in [0.1, 0.15) is 70.6 Å². The molecule has 0 spiro atoms. The minimum absolute atomic E-state index is 0.00934. The lowest BCUT2D eigenvalue weighted by atomic mass is 9.98. The van der Waals surface area contributed by atoms with Gasteiger partial charge in [-0.25, -0.2) is 4.79 Å². The SMILES string of the molecule is CC(C)C[C@H](NC(=O)[C@H](Cc1ccc(OC(C)(C)C)cc1)NC(=O)OCC1c2ccccc2-c2ccccc21)C(=O)N[C@@H](C)C(=O)O. The molecule has 0 aromatic heterocycles. The van der Waals surface area contributed by atoms with Crippen LogP contribution in [0.25, 0.3) is 11.1 Å². The maximum atomic E-state index is 13.7. The smallest absolute Gasteiger partial charge is 0.407 e. The molecule has 0 saturated heterocycles. The van der Waals surface area contributed by atoms with Crippen LogP contribution in [0.15, 0.2) is 72.8 Å². The average Bonchev–Trinajstić information content (AvgIpc) is 3.32. The van der Waals surface area contributed by atoms with Crippen molar-refractivity contribution in [2.45, 2.75) is 84.0 Å². The van der Waals surface area contributed by atoms with Crippen LogP contribution in [-0.4, -0.2) is 59.3 Å². The van der Waals surface area contributed by atoms with E-state index >= 15 is 0 Å². The molecule has 1 aliphatic carbocycles. The number of hydrogen-bond acceptors (Lipinski definition) is 6. The maximum absolute atomic E-state index is 13.7. The van der Waals surface area contributed by atoms with Crippen LogP contribution in [-0.2, 0) is 25.5 Å². The fourth-order valence-corrected chi connectivity index (χ4v) is 5.63. The fourth-order valence-electron chi connectivity index (χ4n) is 5.63. The number of alkyl carbamates (subject to hydrolysis) is 1. The molecule has 0 aliphatic heterocycles. The fraction of sp³-hybridized carbons (Fsp3) is 0.405. The Morgan fingerprint density at radius 1 is 0.766 bits per heavy atom. The van der Waals surface area contributed by atoms with Crippen LogP contribution in [0.2, 0.25) is 0 Å². The number of aliphatic carboxylic acids is 1. The lowest BCUT2D eigenvalue weighted by Crippen LogP contribution is -2.56. The van der Waals surface area contributed by atoms with Crippen LogP contribution >= 0.6 is 0 Å². The summed E-state index contributed by atoms with van der Waals surface area (Å²) >= 11 is 0. The highest BCUT2D eigenvalue weighted by molar-refractivity contribution is 5.93. The molecule has 0 fully saturated rings. The first-order valence-corrected chi connectivity index (χ1v) is 15.9. The molecule has 0 saturated carbocycles. The van der Waals surface area contributed by atoms with Gasteiger partial charge in [0.2, 0.25) is 11.8 Å². The molecular formula is C37H45N3O7. The Kier molecular flexibility index (Phi) is 11.3. The van der Waals surface area contributed by atoms with Gasteiger partial charge in [-0.2, -0.15) is 0 Å². The van der Waals surface area contributed by atoms with Gasteiger partial charge in [-0.3, -0.25) is 14.4 Å². The Morgan fingerprint density at radius 2 is 1.32 bits per heavy atom. The third-order valence-electron chi connectivity index (χ3n) is 7.81. The second-order valence-corrected chi connectivity index (χ2v) is 13.3. The minimum atomic E-state index is -1.19. The average molecular weight is 644 g/mol. The minimum Gasteiger partial charge on any atom is -0.488 e. The van der Waals surface area contributed by atoms with E-state index in [2.05, 4.69) is 16.0 Å². The second-order valence-electron chi connectivity index (χ2n) is 13.3. The zero-order chi connectivity index (χ0) is 34.3. The quantitative estimate of drug-likeness (QED) is 0.194. The number of rotatable bonds is 13. The number of carbonyl (C=O) groups excluding carboxylic acids is 3. The highest BCUT2D eigenvalue weighted by atomic mass is 16.5. The number of ether oxygens (including phenoxy) is 2. The van der Waals surface area contributed by atoms with Crippen molar-refractivity contribution in [3.05, 3.63) is 89.5 Å². The maximum Gasteiger partial charge on any atom is 0.407 e. The number of carbonyl (C=O) groups is 4. The zero-order valence-corrected chi connectivity index (χ0v) is 27.8. The summed E-state index contributed by atoms with van der Waals surface area (Å²) in [7, 11) is 0. The van der Waals surface area contributed by atoms with E-state index in [-0.39, 0.29) is 36.9 Å². The standard InChI is InChI=1S/C37H45N3O7/c1-22(2)19-31(33(41)38-23(3)35(43)44)39-34(42)32(20-24-15-17-25(18-16-24)47-37(4,5)6)40-36(45)46-21-30-28-13-9-7-11-26(28)27-12-8-10-14-29(27)30/h7-18,22-23,30-32H,19-21H2,1-6H3,(H,38,41)(H,39,42)(H,40,45)(H,43,44)/t23-,31-,32-/m0/s1. The molecule has 3 atom stereocenters. The summed E-state index contributed by atoms with van der Waals surface area (Å²) in [6, 6.07) is 20.0. The van der Waals surface area contributed by atoms with Crippen LogP contribution in [0.4, 0.5) is 4.79 Å². The molecule has 3 amide bonds. The number of fused-ring (bicyclic) bond motifs is 3. The molecule has 3 aromatic carbocycles. The Labute approximate surface area is 276 Å². The van der Waals surface area contributed by atoms with E-state index in [0.717, 1.165) is 27.8 Å². The Hall–Kier alpha value is -4.86. The summed E-state index contributed by atoms with van der Waals surface area (Å²) in [6.07, 6.45) is -0.405. The Bertz CT molecular complexity index is 1530. The highest BCUT2D eigenvalue weighted by Crippen LogP contribution is 2.44. The molecule has 4 N–H and O–H groups in total. The van der Waals surface area contributed by atoms with Crippen LogP contribution in [0, 0.1) is 5.92 Å². The second kappa shape index (κ2) is 15.2. The van der Waals surface area contributed by atoms with Gasteiger partial charge in [0.15, 0.2) is 0 Å². The van der Waals surface area contributed by atoms with Gasteiger partial charge in [0.1, 0.15) is 36.1 Å². The summed E-state index contributed by atoms with van der Waals surface area (Å²) in [5.74, 6) is -1.90. The first kappa shape index (κ1) is 35.0. The molecule has 4 rings (SSSR count). The lowest BCUT2D eigenvalue weighted by Gasteiger charge is -2.25. The van der Waals surface area contributed by atoms with Crippen molar-refractivity contribution in [1.29, 1.82) is 0 Å². The normalized spacial score (nSPS) is 14.3. The molecule has 1 aliphatic rings. The summed E-state index contributed by atoms with van der Waals surface area (Å²) in [5, 5.41) is 17.2. The Morgan fingerprint density at radius 3 is 1.85 bits per heavy atom. The summed E-state index contributed by atoms with van der Waals surface area (Å²) in [5.41, 5.74) is 4.67. The van der Waals surface area contributed by atoms with Gasteiger partial charge in [-0.1, -0.05) is 74.5 Å². The molecule has 3 aromatic rings. The van der Waals surface area contributed by atoms with Gasteiger partial charge in [-0.05, 0) is 80.0 Å². The van der Waals surface area contributed by atoms with Crippen molar-refractivity contribution < 1.29 is 33.8 Å². The number of amides is 3. The van der Waals surface area contributed by atoms with E-state index in [1.54, 1.807) is 12.1 Å². The summed E-state index contributed by atoms with van der Waals surface area (Å²) < 4.78 is 11.6. The number of nitrogens with one attached hydrogen (secondary N) is 3. The van der Waals surface area contributed by atoms with E-state index in [0.29, 0.717) is 5.75 Å². The molecule has 0 radical (unpaired) electrons. The van der Waals surface area contributed by atoms with E-state index in [4.69, 9.17) is 9.47 Å². The van der Waals surface area contributed by atoms with Crippen LogP contribution < -0.4 is 20.7 Å². The molecule has 47 heavy (non-hydrogen) atoms. The zero-order valence-electron chi connectivity index (χ0n) is 27.8. The third kappa shape index (κ3) is 9.57. The molecule has 10 heteroatoms. The van der Waals surface area contributed by atoms with Crippen molar-refractivity contribution in [1.82, 2.24) is 16.0 Å². The molecule has 10 nitrogen and oxygen atoms in total. The molecule has 0 unspecified atom stereocenters. The Balaban J connectivity index is 1.51. The summed E-state index contributed by atoms with van der Waals surface area (Å²) in [6.45, 7) is 11.0. The number of hydrogen-bond donors (Lipinski definition) is 4. The van der Waals surface area contributed by atoms with Crippen molar-refractivity contribution in [3.63, 3.8) is 0 Å². The summed E-state index contributed by atoms with van der Waals surface area (Å²) in [4.78, 5) is 51.4. The monoisotopic (exact) mass is 643 g/mol. The van der Waals surface area contributed by atoms with E-state index in [9.17, 15) is 24.3 Å². The van der Waals surface area contributed by atoms with Crippen molar-refractivity contribution >= 4 is 23.9 Å². The van der Waals surface area contributed by atoms with E-state index in [1.807, 2.05) is 95.3 Å². The molecule has 0 bridgehead atoms. The topological polar surface area (TPSA) is 143 Å². The van der Waals surface area contributed by atoms with E-state index in [1.165, 1.54) is 6.92 Å². The van der Waals surface area contributed by atoms with Crippen molar-refractivity contribution in [2.24, 2.45) is 5.92 Å². The number of carboxylic acids is 1. The number of carboxylic acid groups (broad SMARTS) is 1. The number of benzene rings is 3. The molecule has 0 heterocycles. The van der Waals surface area contributed by atoms with Gasteiger partial charge in [0.05, 0.1) is 0 Å². The van der Waals surface area contributed by atoms with Gasteiger partial charge in [0, 0.05) is 12.3 Å². The van der Waals surface area contributed by atoms with E-state index < -0.39 is 42.0 Å².